The van der Waals surface area contributed by atoms with Gasteiger partial charge in [0.15, 0.2) is 0 Å². The van der Waals surface area contributed by atoms with E-state index in [1.807, 2.05) is 41.8 Å². The molecule has 4 rings (SSSR count). The van der Waals surface area contributed by atoms with E-state index in [0.717, 1.165) is 30.2 Å². The Morgan fingerprint density at radius 2 is 1.62 bits per heavy atom. The Balaban J connectivity index is 1.50. The molecule has 0 aliphatic carbocycles. The number of thioether (sulfide) groups is 1. The molecule has 3 aromatic rings. The van der Waals surface area contributed by atoms with Crippen molar-refractivity contribution in [3.63, 3.8) is 0 Å². The number of carbonyl (C=O) groups excluding carboxylic acids is 2. The highest BCUT2D eigenvalue weighted by molar-refractivity contribution is 7.99. The van der Waals surface area contributed by atoms with Crippen LogP contribution in [0.2, 0.25) is 0 Å². The van der Waals surface area contributed by atoms with Gasteiger partial charge < -0.3 is 15.5 Å². The Kier molecular flexibility index (Phi) is 7.12. The summed E-state index contributed by atoms with van der Waals surface area (Å²) in [7, 11) is 0. The van der Waals surface area contributed by atoms with Crippen LogP contribution in [0.25, 0.3) is 0 Å². The van der Waals surface area contributed by atoms with E-state index in [1.165, 1.54) is 18.2 Å². The lowest BCUT2D eigenvalue weighted by molar-refractivity contribution is -0.383. The zero-order chi connectivity index (χ0) is 24.1. The number of hydrogen-bond donors (Lipinski definition) is 2. The van der Waals surface area contributed by atoms with Crippen LogP contribution in [-0.4, -0.2) is 46.2 Å². The van der Waals surface area contributed by atoms with E-state index < -0.39 is 10.8 Å². The molecule has 3 aromatic carbocycles. The fourth-order valence-corrected chi connectivity index (χ4v) is 4.59. The van der Waals surface area contributed by atoms with E-state index in [0.29, 0.717) is 22.6 Å². The lowest BCUT2D eigenvalue weighted by Gasteiger charge is -2.26. The summed E-state index contributed by atoms with van der Waals surface area (Å²) >= 11 is 1.84. The Morgan fingerprint density at radius 3 is 2.29 bits per heavy atom. The minimum atomic E-state index is -0.521. The van der Waals surface area contributed by atoms with Crippen LogP contribution >= 0.6 is 11.8 Å². The average molecular weight is 477 g/mol. The highest BCUT2D eigenvalue weighted by Gasteiger charge is 2.21. The maximum Gasteiger partial charge on any atom is 0.293 e. The van der Waals surface area contributed by atoms with Crippen LogP contribution in [0.15, 0.2) is 66.7 Å². The smallest absolute Gasteiger partial charge is 0.293 e. The van der Waals surface area contributed by atoms with Gasteiger partial charge in [-0.15, -0.1) is 0 Å². The number of hydrogen-bond acceptors (Lipinski definition) is 6. The summed E-state index contributed by atoms with van der Waals surface area (Å²) in [6, 6.07) is 18.5. The molecule has 0 atom stereocenters. The minimum absolute atomic E-state index is 0.0154. The van der Waals surface area contributed by atoms with Gasteiger partial charge in [0.1, 0.15) is 5.69 Å². The topological polar surface area (TPSA) is 105 Å². The maximum atomic E-state index is 12.8. The summed E-state index contributed by atoms with van der Waals surface area (Å²) in [4.78, 5) is 38.5. The number of para-hydroxylation sites is 1. The third-order valence-electron chi connectivity index (χ3n) is 5.53. The highest BCUT2D eigenvalue weighted by Crippen LogP contribution is 2.29. The number of nitro benzene ring substituents is 1. The van der Waals surface area contributed by atoms with E-state index in [1.54, 1.807) is 30.3 Å². The second-order valence-electron chi connectivity index (χ2n) is 7.87. The van der Waals surface area contributed by atoms with Gasteiger partial charge in [0, 0.05) is 53.2 Å². The molecule has 174 valence electrons. The van der Waals surface area contributed by atoms with Crippen LogP contribution in [0.1, 0.15) is 26.3 Å². The van der Waals surface area contributed by atoms with Crippen molar-refractivity contribution < 1.29 is 14.5 Å². The lowest BCUT2D eigenvalue weighted by Crippen LogP contribution is -2.37. The molecular formula is C25H24N4O4S. The van der Waals surface area contributed by atoms with Crippen LogP contribution in [0.3, 0.4) is 0 Å². The standard InChI is InChI=1S/C25H24N4O4S/c1-17-15-19(25(31)28-11-13-34-14-12-28)8-9-21(17)27-24(30)18-7-10-22(23(16-18)29(32)33)26-20-5-3-2-4-6-20/h2-10,15-16,26H,11-14H2,1H3,(H,27,30). The zero-order valence-electron chi connectivity index (χ0n) is 18.6. The van der Waals surface area contributed by atoms with Gasteiger partial charge >= 0.3 is 0 Å². The molecule has 1 saturated heterocycles. The summed E-state index contributed by atoms with van der Waals surface area (Å²) in [5.41, 5.74) is 2.82. The Morgan fingerprint density at radius 1 is 0.941 bits per heavy atom. The van der Waals surface area contributed by atoms with Crippen LogP contribution < -0.4 is 10.6 Å². The summed E-state index contributed by atoms with van der Waals surface area (Å²) in [6.07, 6.45) is 0. The number of amides is 2. The molecule has 1 aliphatic rings. The molecule has 2 amide bonds. The number of carbonyl (C=O) groups is 2. The van der Waals surface area contributed by atoms with Crippen molar-refractivity contribution >= 4 is 46.3 Å². The molecule has 0 aromatic heterocycles. The van der Waals surface area contributed by atoms with Gasteiger partial charge in [-0.3, -0.25) is 19.7 Å². The Labute approximate surface area is 201 Å². The van der Waals surface area contributed by atoms with Gasteiger partial charge in [-0.2, -0.15) is 11.8 Å². The van der Waals surface area contributed by atoms with Gasteiger partial charge in [-0.05, 0) is 55.0 Å². The molecule has 0 bridgehead atoms. The molecule has 34 heavy (non-hydrogen) atoms. The number of rotatable bonds is 6. The first-order valence-electron chi connectivity index (χ1n) is 10.8. The molecule has 1 fully saturated rings. The van der Waals surface area contributed by atoms with Crippen molar-refractivity contribution in [1.82, 2.24) is 4.90 Å². The van der Waals surface area contributed by atoms with E-state index in [2.05, 4.69) is 10.6 Å². The summed E-state index contributed by atoms with van der Waals surface area (Å²) < 4.78 is 0. The molecular weight excluding hydrogens is 452 g/mol. The molecule has 1 heterocycles. The third-order valence-corrected chi connectivity index (χ3v) is 6.47. The largest absolute Gasteiger partial charge is 0.350 e. The predicted octanol–water partition coefficient (Wildman–Crippen LogP) is 5.09. The number of nitrogens with one attached hydrogen (secondary N) is 2. The van der Waals surface area contributed by atoms with Crippen LogP contribution in [-0.2, 0) is 0 Å². The van der Waals surface area contributed by atoms with Gasteiger partial charge in [-0.25, -0.2) is 0 Å². The second-order valence-corrected chi connectivity index (χ2v) is 9.09. The molecule has 2 N–H and O–H groups in total. The lowest BCUT2D eigenvalue weighted by atomic mass is 10.1. The first-order valence-corrected chi connectivity index (χ1v) is 12.0. The molecule has 8 nitrogen and oxygen atoms in total. The normalized spacial score (nSPS) is 13.3. The van der Waals surface area contributed by atoms with Gasteiger partial charge in [0.05, 0.1) is 4.92 Å². The predicted molar refractivity (Wildman–Crippen MR) is 135 cm³/mol. The molecule has 9 heteroatoms. The van der Waals surface area contributed by atoms with Gasteiger partial charge in [-0.1, -0.05) is 18.2 Å². The molecule has 0 unspecified atom stereocenters. The highest BCUT2D eigenvalue weighted by atomic mass is 32.2. The van der Waals surface area contributed by atoms with Crippen molar-refractivity contribution in [2.75, 3.05) is 35.2 Å². The van der Waals surface area contributed by atoms with Crippen molar-refractivity contribution in [1.29, 1.82) is 0 Å². The van der Waals surface area contributed by atoms with Crippen LogP contribution in [0.5, 0.6) is 0 Å². The van der Waals surface area contributed by atoms with Crippen molar-refractivity contribution in [3.05, 3.63) is 93.5 Å². The summed E-state index contributed by atoms with van der Waals surface area (Å²) in [6.45, 7) is 3.28. The fourth-order valence-electron chi connectivity index (χ4n) is 3.69. The van der Waals surface area contributed by atoms with E-state index in [4.69, 9.17) is 0 Å². The minimum Gasteiger partial charge on any atom is -0.350 e. The van der Waals surface area contributed by atoms with Crippen molar-refractivity contribution in [2.45, 2.75) is 6.92 Å². The van der Waals surface area contributed by atoms with E-state index >= 15 is 0 Å². The monoisotopic (exact) mass is 476 g/mol. The SMILES string of the molecule is Cc1cc(C(=O)N2CCSCC2)ccc1NC(=O)c1ccc(Nc2ccccc2)c([N+](=O)[O-])c1. The first-order chi connectivity index (χ1) is 16.4. The zero-order valence-corrected chi connectivity index (χ0v) is 19.4. The Bertz CT molecular complexity index is 1230. The third kappa shape index (κ3) is 5.37. The number of benzene rings is 3. The molecule has 0 radical (unpaired) electrons. The molecule has 0 spiro atoms. The molecule has 0 saturated carbocycles. The average Bonchev–Trinajstić information content (AvgIpc) is 2.86. The number of aryl methyl sites for hydroxylation is 1. The van der Waals surface area contributed by atoms with E-state index in [9.17, 15) is 19.7 Å². The second kappa shape index (κ2) is 10.4. The number of nitrogens with zero attached hydrogens (tertiary/aromatic N) is 2. The first kappa shape index (κ1) is 23.3. The van der Waals surface area contributed by atoms with E-state index in [-0.39, 0.29) is 17.2 Å². The van der Waals surface area contributed by atoms with Crippen LogP contribution in [0, 0.1) is 17.0 Å². The number of nitro groups is 1. The Hall–Kier alpha value is -3.85. The summed E-state index contributed by atoms with van der Waals surface area (Å²) in [5.74, 6) is 1.39. The quantitative estimate of drug-likeness (QED) is 0.379. The van der Waals surface area contributed by atoms with Gasteiger partial charge in [0.25, 0.3) is 17.5 Å². The summed E-state index contributed by atoms with van der Waals surface area (Å²) in [5, 5.41) is 17.4. The van der Waals surface area contributed by atoms with Gasteiger partial charge in [0.2, 0.25) is 0 Å². The number of anilines is 3. The maximum absolute atomic E-state index is 12.8. The fraction of sp³-hybridized carbons (Fsp3) is 0.200. The van der Waals surface area contributed by atoms with Crippen molar-refractivity contribution in [3.8, 4) is 0 Å². The van der Waals surface area contributed by atoms with Crippen molar-refractivity contribution in [2.24, 2.45) is 0 Å². The molecule has 1 aliphatic heterocycles. The van der Waals surface area contributed by atoms with Crippen LogP contribution in [0.4, 0.5) is 22.7 Å².